The Morgan fingerprint density at radius 1 is 1.04 bits per heavy atom. The summed E-state index contributed by atoms with van der Waals surface area (Å²) in [5, 5.41) is 2.80. The first-order chi connectivity index (χ1) is 11.2. The molecule has 0 aliphatic carbocycles. The molecule has 0 aliphatic heterocycles. The van der Waals surface area contributed by atoms with E-state index in [1.165, 1.54) is 12.1 Å². The lowest BCUT2D eigenvalue weighted by atomic mass is 10.0. The molecular weight excluding hydrogens is 336 g/mol. The van der Waals surface area contributed by atoms with Crippen LogP contribution < -0.4 is 5.32 Å². The number of carbonyl (C=O) groups is 1. The third kappa shape index (κ3) is 3.79. The van der Waals surface area contributed by atoms with E-state index in [1.807, 2.05) is 38.1 Å². The lowest BCUT2D eigenvalue weighted by molar-refractivity contribution is 0.0939. The van der Waals surface area contributed by atoms with Crippen LogP contribution in [0.25, 0.3) is 0 Å². The van der Waals surface area contributed by atoms with E-state index in [2.05, 4.69) is 5.32 Å². The summed E-state index contributed by atoms with van der Waals surface area (Å²) in [5.41, 5.74) is 2.19. The fourth-order valence-corrected chi connectivity index (χ4v) is 3.05. The molecule has 0 aromatic heterocycles. The van der Waals surface area contributed by atoms with Crippen molar-refractivity contribution in [1.82, 2.24) is 5.32 Å². The van der Waals surface area contributed by atoms with E-state index in [-0.39, 0.29) is 11.6 Å². The molecular formula is C17H17F2NO3S. The molecule has 0 saturated heterocycles. The minimum absolute atomic E-state index is 0.198. The van der Waals surface area contributed by atoms with Crippen LogP contribution in [0.3, 0.4) is 0 Å². The molecule has 24 heavy (non-hydrogen) atoms. The molecule has 0 spiro atoms. The summed E-state index contributed by atoms with van der Waals surface area (Å²) in [6.07, 6.45) is 0. The minimum Gasteiger partial charge on any atom is -0.346 e. The van der Waals surface area contributed by atoms with Gasteiger partial charge in [0.2, 0.25) is 9.84 Å². The first-order valence-electron chi connectivity index (χ1n) is 7.22. The second-order valence-corrected chi connectivity index (χ2v) is 7.30. The number of nitrogens with one attached hydrogen (secondary N) is 1. The molecule has 0 radical (unpaired) electrons. The molecule has 1 amide bonds. The van der Waals surface area contributed by atoms with Gasteiger partial charge in [0.25, 0.3) is 5.91 Å². The second kappa shape index (κ2) is 7.09. The number of benzene rings is 2. The zero-order valence-electron chi connectivity index (χ0n) is 13.2. The highest BCUT2D eigenvalue weighted by molar-refractivity contribution is 7.91. The van der Waals surface area contributed by atoms with Crippen molar-refractivity contribution in [3.8, 4) is 0 Å². The van der Waals surface area contributed by atoms with Gasteiger partial charge in [0.15, 0.2) is 0 Å². The van der Waals surface area contributed by atoms with E-state index < -0.39 is 26.4 Å². The third-order valence-corrected chi connectivity index (χ3v) is 5.08. The zero-order chi connectivity index (χ0) is 17.9. The van der Waals surface area contributed by atoms with Gasteiger partial charge in [-0.05, 0) is 49.2 Å². The van der Waals surface area contributed by atoms with Gasteiger partial charge in [-0.1, -0.05) is 24.3 Å². The number of carbonyl (C=O) groups excluding carboxylic acids is 1. The van der Waals surface area contributed by atoms with Gasteiger partial charge in [0.05, 0.1) is 10.9 Å². The van der Waals surface area contributed by atoms with Gasteiger partial charge in [-0.25, -0.2) is 8.42 Å². The molecule has 2 aromatic rings. The molecule has 0 fully saturated rings. The van der Waals surface area contributed by atoms with Crippen molar-refractivity contribution < 1.29 is 22.0 Å². The van der Waals surface area contributed by atoms with Gasteiger partial charge in [0.1, 0.15) is 0 Å². The highest BCUT2D eigenvalue weighted by atomic mass is 32.2. The quantitative estimate of drug-likeness (QED) is 0.895. The van der Waals surface area contributed by atoms with E-state index in [0.717, 1.165) is 23.3 Å². The van der Waals surface area contributed by atoms with Crippen LogP contribution >= 0.6 is 0 Å². The zero-order valence-corrected chi connectivity index (χ0v) is 14.0. The topological polar surface area (TPSA) is 63.2 Å². The van der Waals surface area contributed by atoms with Crippen LogP contribution in [0.1, 0.15) is 34.5 Å². The number of aryl methyl sites for hydroxylation is 1. The van der Waals surface area contributed by atoms with E-state index in [4.69, 9.17) is 0 Å². The van der Waals surface area contributed by atoms with Gasteiger partial charge >= 0.3 is 5.76 Å². The highest BCUT2D eigenvalue weighted by Crippen LogP contribution is 2.20. The molecule has 7 heteroatoms. The summed E-state index contributed by atoms with van der Waals surface area (Å²) < 4.78 is 47.7. The van der Waals surface area contributed by atoms with Crippen molar-refractivity contribution in [3.63, 3.8) is 0 Å². The molecule has 4 nitrogen and oxygen atoms in total. The van der Waals surface area contributed by atoms with Crippen LogP contribution in [0.5, 0.6) is 0 Å². The maximum absolute atomic E-state index is 12.5. The molecule has 0 heterocycles. The minimum atomic E-state index is -4.66. The number of sulfone groups is 1. The van der Waals surface area contributed by atoms with Gasteiger partial charge in [0, 0.05) is 5.56 Å². The second-order valence-electron chi connectivity index (χ2n) is 5.38. The lowest BCUT2D eigenvalue weighted by Crippen LogP contribution is -2.27. The summed E-state index contributed by atoms with van der Waals surface area (Å²) in [6, 6.07) is 11.8. The number of rotatable bonds is 5. The lowest BCUT2D eigenvalue weighted by Gasteiger charge is -2.16. The van der Waals surface area contributed by atoms with Gasteiger partial charge in [-0.2, -0.15) is 8.78 Å². The van der Waals surface area contributed by atoms with E-state index in [1.54, 1.807) is 0 Å². The summed E-state index contributed by atoms with van der Waals surface area (Å²) in [6.45, 7) is 3.76. The SMILES string of the molecule is Cc1ccccc1C(C)NC(=O)c1ccc(S(=O)(=O)C(F)F)cc1. The Morgan fingerprint density at radius 2 is 1.62 bits per heavy atom. The molecule has 1 unspecified atom stereocenters. The number of hydrogen-bond acceptors (Lipinski definition) is 3. The Hall–Kier alpha value is -2.28. The Kier molecular flexibility index (Phi) is 5.33. The first-order valence-corrected chi connectivity index (χ1v) is 8.76. The fourth-order valence-electron chi connectivity index (χ4n) is 2.33. The Morgan fingerprint density at radius 3 is 2.17 bits per heavy atom. The largest absolute Gasteiger partial charge is 0.346 e. The van der Waals surface area contributed by atoms with Gasteiger partial charge in [-0.15, -0.1) is 0 Å². The van der Waals surface area contributed by atoms with Crippen LogP contribution in [-0.2, 0) is 9.84 Å². The number of halogens is 2. The number of hydrogen-bond donors (Lipinski definition) is 1. The monoisotopic (exact) mass is 353 g/mol. The van der Waals surface area contributed by atoms with Crippen LogP contribution in [0, 0.1) is 6.92 Å². The van der Waals surface area contributed by atoms with Gasteiger partial charge in [-0.3, -0.25) is 4.79 Å². The fraction of sp³-hybridized carbons (Fsp3) is 0.235. The van der Waals surface area contributed by atoms with Crippen molar-refractivity contribution in [2.45, 2.75) is 30.5 Å². The first kappa shape index (κ1) is 18.1. The van der Waals surface area contributed by atoms with Gasteiger partial charge < -0.3 is 5.32 Å². The van der Waals surface area contributed by atoms with Crippen molar-refractivity contribution in [1.29, 1.82) is 0 Å². The summed E-state index contributed by atoms with van der Waals surface area (Å²) in [4.78, 5) is 11.7. The smallest absolute Gasteiger partial charge is 0.341 e. The maximum Gasteiger partial charge on any atom is 0.341 e. The summed E-state index contributed by atoms with van der Waals surface area (Å²) >= 11 is 0. The molecule has 2 aromatic carbocycles. The van der Waals surface area contributed by atoms with Crippen molar-refractivity contribution >= 4 is 15.7 Å². The predicted octanol–water partition coefficient (Wildman–Crippen LogP) is 3.48. The standard InChI is InChI=1S/C17H17F2NO3S/c1-11-5-3-4-6-15(11)12(2)20-16(21)13-7-9-14(10-8-13)24(22,23)17(18)19/h3-10,12,17H,1-2H3,(H,20,21). The van der Waals surface area contributed by atoms with Crippen molar-refractivity contribution in [3.05, 3.63) is 65.2 Å². The van der Waals surface area contributed by atoms with Crippen molar-refractivity contribution in [2.75, 3.05) is 0 Å². The van der Waals surface area contributed by atoms with E-state index >= 15 is 0 Å². The van der Waals surface area contributed by atoms with Crippen molar-refractivity contribution in [2.24, 2.45) is 0 Å². The molecule has 0 saturated carbocycles. The molecule has 1 N–H and O–H groups in total. The summed E-state index contributed by atoms with van der Waals surface area (Å²) in [5.74, 6) is -3.90. The summed E-state index contributed by atoms with van der Waals surface area (Å²) in [7, 11) is -4.66. The molecule has 2 rings (SSSR count). The molecule has 1 atom stereocenters. The predicted molar refractivity (Wildman–Crippen MR) is 86.7 cm³/mol. The third-order valence-electron chi connectivity index (χ3n) is 3.68. The average molecular weight is 353 g/mol. The van der Waals surface area contributed by atoms with E-state index in [9.17, 15) is 22.0 Å². The van der Waals surface area contributed by atoms with Crippen LogP contribution in [0.15, 0.2) is 53.4 Å². The van der Waals surface area contributed by atoms with Crippen LogP contribution in [-0.4, -0.2) is 20.1 Å². The Labute approximate surface area is 139 Å². The Balaban J connectivity index is 2.15. The molecule has 0 aliphatic rings. The molecule has 0 bridgehead atoms. The maximum atomic E-state index is 12.5. The van der Waals surface area contributed by atoms with Crippen LogP contribution in [0.2, 0.25) is 0 Å². The normalized spacial score (nSPS) is 12.9. The van der Waals surface area contributed by atoms with E-state index in [0.29, 0.717) is 0 Å². The Bertz CT molecular complexity index is 833. The highest BCUT2D eigenvalue weighted by Gasteiger charge is 2.26. The average Bonchev–Trinajstić information content (AvgIpc) is 2.55. The van der Waals surface area contributed by atoms with Crippen LogP contribution in [0.4, 0.5) is 8.78 Å². The number of alkyl halides is 2. The number of amides is 1. The molecule has 128 valence electrons.